The molecule has 2 aromatic rings. The predicted molar refractivity (Wildman–Crippen MR) is 77.1 cm³/mol. The summed E-state index contributed by atoms with van der Waals surface area (Å²) in [7, 11) is 0. The average Bonchev–Trinajstić information content (AvgIpc) is 2.71. The fraction of sp³-hybridized carbons (Fsp3) is 0.357. The lowest BCUT2D eigenvalue weighted by Crippen LogP contribution is -2.27. The number of hydrogen-bond acceptors (Lipinski definition) is 4. The van der Waals surface area contributed by atoms with Crippen LogP contribution in [0.2, 0.25) is 0 Å². The Morgan fingerprint density at radius 1 is 1.33 bits per heavy atom. The van der Waals surface area contributed by atoms with E-state index in [2.05, 4.69) is 34.0 Å². The molecule has 0 spiro atoms. The van der Waals surface area contributed by atoms with Crippen LogP contribution in [-0.4, -0.2) is 10.4 Å². The first-order chi connectivity index (χ1) is 8.74. The quantitative estimate of drug-likeness (QED) is 0.871. The Morgan fingerprint density at radius 2 is 2.11 bits per heavy atom. The number of anilines is 2. The lowest BCUT2D eigenvalue weighted by molar-refractivity contribution is 0.612. The van der Waals surface area contributed by atoms with Crippen LogP contribution < -0.4 is 11.1 Å². The number of rotatable bonds is 2. The number of nitrogens with two attached hydrogens (primary N) is 1. The van der Waals surface area contributed by atoms with Crippen molar-refractivity contribution >= 4 is 22.4 Å². The second-order valence-electron chi connectivity index (χ2n) is 4.87. The summed E-state index contributed by atoms with van der Waals surface area (Å²) in [5.41, 5.74) is 9.83. The van der Waals surface area contributed by atoms with Crippen molar-refractivity contribution in [1.29, 1.82) is 0 Å². The van der Waals surface area contributed by atoms with Crippen molar-refractivity contribution in [3.63, 3.8) is 0 Å². The smallest absolute Gasteiger partial charge is 0.142 e. The van der Waals surface area contributed by atoms with Crippen LogP contribution in [0.5, 0.6) is 0 Å². The van der Waals surface area contributed by atoms with Crippen molar-refractivity contribution in [2.75, 3.05) is 11.1 Å². The van der Waals surface area contributed by atoms with E-state index in [0.717, 1.165) is 23.4 Å². The fourth-order valence-electron chi connectivity index (χ4n) is 2.49. The van der Waals surface area contributed by atoms with Crippen LogP contribution in [0.3, 0.4) is 0 Å². The van der Waals surface area contributed by atoms with Gasteiger partial charge in [-0.2, -0.15) is 4.37 Å². The minimum Gasteiger partial charge on any atom is -0.383 e. The Morgan fingerprint density at radius 3 is 2.83 bits per heavy atom. The van der Waals surface area contributed by atoms with Crippen molar-refractivity contribution in [3.05, 3.63) is 41.0 Å². The normalized spacial score (nSPS) is 18.4. The van der Waals surface area contributed by atoms with Gasteiger partial charge in [0, 0.05) is 11.6 Å². The molecule has 0 saturated heterocycles. The molecule has 0 radical (unpaired) electrons. The van der Waals surface area contributed by atoms with E-state index in [1.54, 1.807) is 0 Å². The zero-order chi connectivity index (χ0) is 12.5. The molecule has 0 fully saturated rings. The van der Waals surface area contributed by atoms with Crippen LogP contribution in [0.1, 0.15) is 23.1 Å². The molecule has 0 amide bonds. The largest absolute Gasteiger partial charge is 0.383 e. The molecule has 0 bridgehead atoms. The molecule has 1 aliphatic carbocycles. The van der Waals surface area contributed by atoms with E-state index >= 15 is 0 Å². The van der Waals surface area contributed by atoms with Gasteiger partial charge in [-0.15, -0.1) is 0 Å². The number of benzene rings is 1. The Hall–Kier alpha value is -1.55. The molecule has 3 nitrogen and oxygen atoms in total. The summed E-state index contributed by atoms with van der Waals surface area (Å²) in [6.07, 6.45) is 3.42. The molecule has 18 heavy (non-hydrogen) atoms. The van der Waals surface area contributed by atoms with E-state index in [9.17, 15) is 0 Å². The van der Waals surface area contributed by atoms with Crippen molar-refractivity contribution in [3.8, 4) is 0 Å². The molecule has 0 aliphatic heterocycles. The van der Waals surface area contributed by atoms with E-state index < -0.39 is 0 Å². The highest BCUT2D eigenvalue weighted by Crippen LogP contribution is 2.29. The molecule has 1 aliphatic rings. The zero-order valence-electron chi connectivity index (χ0n) is 10.4. The topological polar surface area (TPSA) is 50.9 Å². The predicted octanol–water partition coefficient (Wildman–Crippen LogP) is 3.00. The minimum atomic E-state index is 0.499. The summed E-state index contributed by atoms with van der Waals surface area (Å²) in [6.45, 7) is 2.03. The zero-order valence-corrected chi connectivity index (χ0v) is 11.3. The average molecular weight is 259 g/mol. The first-order valence-corrected chi connectivity index (χ1v) is 7.06. The van der Waals surface area contributed by atoms with Gasteiger partial charge in [-0.3, -0.25) is 0 Å². The highest BCUT2D eigenvalue weighted by Gasteiger charge is 2.19. The summed E-state index contributed by atoms with van der Waals surface area (Å²) in [6, 6.07) is 9.22. The van der Waals surface area contributed by atoms with E-state index in [0.29, 0.717) is 11.9 Å². The maximum Gasteiger partial charge on any atom is 0.142 e. The van der Waals surface area contributed by atoms with Gasteiger partial charge in [0.25, 0.3) is 0 Å². The summed E-state index contributed by atoms with van der Waals surface area (Å²) < 4.78 is 4.18. The number of aromatic nitrogens is 1. The van der Waals surface area contributed by atoms with E-state index in [4.69, 9.17) is 5.73 Å². The van der Waals surface area contributed by atoms with Gasteiger partial charge < -0.3 is 11.1 Å². The van der Waals surface area contributed by atoms with E-state index in [1.165, 1.54) is 29.1 Å². The van der Waals surface area contributed by atoms with Crippen LogP contribution in [0.25, 0.3) is 0 Å². The molecule has 0 saturated carbocycles. The van der Waals surface area contributed by atoms with Gasteiger partial charge in [-0.05, 0) is 48.8 Å². The number of aryl methyl sites for hydroxylation is 1. The van der Waals surface area contributed by atoms with E-state index in [-0.39, 0.29) is 0 Å². The number of nitrogens with zero attached hydrogens (tertiary/aromatic N) is 1. The lowest BCUT2D eigenvalue weighted by atomic mass is 9.88. The molecule has 1 unspecified atom stereocenters. The van der Waals surface area contributed by atoms with Crippen LogP contribution in [0, 0.1) is 6.92 Å². The maximum atomic E-state index is 5.78. The molecule has 3 N–H and O–H groups in total. The monoisotopic (exact) mass is 259 g/mol. The highest BCUT2D eigenvalue weighted by atomic mass is 32.1. The molecule has 1 aromatic heterocycles. The van der Waals surface area contributed by atoms with Gasteiger partial charge in [-0.1, -0.05) is 24.3 Å². The Kier molecular flexibility index (Phi) is 2.96. The molecule has 94 valence electrons. The van der Waals surface area contributed by atoms with E-state index in [1.807, 2.05) is 6.92 Å². The third-order valence-corrected chi connectivity index (χ3v) is 4.54. The SMILES string of the molecule is Cc1c(N)nsc1NC1CCc2ccccc2C1. The van der Waals surface area contributed by atoms with Crippen LogP contribution in [0.15, 0.2) is 24.3 Å². The van der Waals surface area contributed by atoms with Gasteiger partial charge in [0.2, 0.25) is 0 Å². The first-order valence-electron chi connectivity index (χ1n) is 6.29. The summed E-state index contributed by atoms with van der Waals surface area (Å²) in [4.78, 5) is 0. The van der Waals surface area contributed by atoms with Crippen molar-refractivity contribution in [1.82, 2.24) is 4.37 Å². The third kappa shape index (κ3) is 2.08. The highest BCUT2D eigenvalue weighted by molar-refractivity contribution is 7.10. The minimum absolute atomic E-state index is 0.499. The number of hydrogen-bond donors (Lipinski definition) is 2. The second kappa shape index (κ2) is 4.61. The molecule has 1 aromatic carbocycles. The molecule has 1 atom stereocenters. The number of nitrogen functional groups attached to an aromatic ring is 1. The summed E-state index contributed by atoms with van der Waals surface area (Å²) in [5.74, 6) is 0.652. The molecule has 4 heteroatoms. The van der Waals surface area contributed by atoms with Crippen LogP contribution in [-0.2, 0) is 12.8 Å². The summed E-state index contributed by atoms with van der Waals surface area (Å²) in [5, 5.41) is 4.71. The maximum absolute atomic E-state index is 5.78. The standard InChI is InChI=1S/C14H17N3S/c1-9-13(15)17-18-14(9)16-12-7-6-10-4-2-3-5-11(10)8-12/h2-5,12,16H,6-8H2,1H3,(H2,15,17). The van der Waals surface area contributed by atoms with Gasteiger partial charge in [0.15, 0.2) is 0 Å². The second-order valence-corrected chi connectivity index (χ2v) is 5.65. The van der Waals surface area contributed by atoms with Gasteiger partial charge in [0.1, 0.15) is 10.8 Å². The van der Waals surface area contributed by atoms with Gasteiger partial charge in [0.05, 0.1) is 0 Å². The fourth-order valence-corrected chi connectivity index (χ4v) is 3.28. The molecule has 1 heterocycles. The van der Waals surface area contributed by atoms with Gasteiger partial charge in [-0.25, -0.2) is 0 Å². The van der Waals surface area contributed by atoms with Crippen molar-refractivity contribution < 1.29 is 0 Å². The van der Waals surface area contributed by atoms with Crippen LogP contribution >= 0.6 is 11.5 Å². The van der Waals surface area contributed by atoms with Crippen molar-refractivity contribution in [2.45, 2.75) is 32.2 Å². The lowest BCUT2D eigenvalue weighted by Gasteiger charge is -2.25. The number of fused-ring (bicyclic) bond motifs is 1. The van der Waals surface area contributed by atoms with Gasteiger partial charge >= 0.3 is 0 Å². The molecular weight excluding hydrogens is 242 g/mol. The molecular formula is C14H17N3S. The van der Waals surface area contributed by atoms with Crippen molar-refractivity contribution in [2.24, 2.45) is 0 Å². The molecule has 3 rings (SSSR count). The van der Waals surface area contributed by atoms with Crippen LogP contribution in [0.4, 0.5) is 10.8 Å². The third-order valence-electron chi connectivity index (χ3n) is 3.64. The Bertz CT molecular complexity index is 562. The Balaban J connectivity index is 1.75. The summed E-state index contributed by atoms with van der Waals surface area (Å²) >= 11 is 1.47. The number of nitrogens with one attached hydrogen (secondary N) is 1. The Labute approximate surface area is 111 Å². The first kappa shape index (κ1) is 11.5.